The van der Waals surface area contributed by atoms with E-state index in [1.807, 2.05) is 5.01 Å². The van der Waals surface area contributed by atoms with E-state index in [2.05, 4.69) is 16.8 Å². The Kier molecular flexibility index (Phi) is 1.71. The molecule has 1 amide bonds. The van der Waals surface area contributed by atoms with E-state index in [1.54, 1.807) is 0 Å². The van der Waals surface area contributed by atoms with E-state index in [1.165, 1.54) is 0 Å². The van der Waals surface area contributed by atoms with Crippen molar-refractivity contribution in [1.29, 1.82) is 5.26 Å². The summed E-state index contributed by atoms with van der Waals surface area (Å²) in [6.45, 7) is 1.34. The Bertz CT molecular complexity index is 246. The molecule has 2 fully saturated rings. The van der Waals surface area contributed by atoms with Gasteiger partial charge in [-0.2, -0.15) is 5.26 Å². The first kappa shape index (κ1) is 7.53. The molecule has 2 N–H and O–H groups in total. The minimum Gasteiger partial charge on any atom is -0.338 e. The van der Waals surface area contributed by atoms with Crippen molar-refractivity contribution in [2.45, 2.75) is 12.6 Å². The number of nitrogens with one attached hydrogen (secondary N) is 2. The average Bonchev–Trinajstić information content (AvgIpc) is 2.46. The summed E-state index contributed by atoms with van der Waals surface area (Å²) in [7, 11) is 0. The van der Waals surface area contributed by atoms with Gasteiger partial charge in [0.25, 0.3) is 0 Å². The fourth-order valence-corrected chi connectivity index (χ4v) is 1.61. The third-order valence-electron chi connectivity index (χ3n) is 2.29. The Balaban J connectivity index is 2.10. The third-order valence-corrected chi connectivity index (χ3v) is 2.29. The normalized spacial score (nSPS) is 35.4. The number of nitriles is 1. The SMILES string of the molecule is N#CC1CNN2CCC(=O)NC12. The van der Waals surface area contributed by atoms with Crippen LogP contribution in [0.3, 0.4) is 0 Å². The molecule has 5 nitrogen and oxygen atoms in total. The molecule has 0 aromatic carbocycles. The summed E-state index contributed by atoms with van der Waals surface area (Å²) in [5.74, 6) is -0.0746. The summed E-state index contributed by atoms with van der Waals surface area (Å²) in [6, 6.07) is 2.16. The van der Waals surface area contributed by atoms with Crippen molar-refractivity contribution in [3.8, 4) is 6.07 Å². The first-order chi connectivity index (χ1) is 5.81. The zero-order valence-corrected chi connectivity index (χ0v) is 6.58. The number of hydrogen-bond donors (Lipinski definition) is 2. The lowest BCUT2D eigenvalue weighted by atomic mass is 10.1. The summed E-state index contributed by atoms with van der Waals surface area (Å²) >= 11 is 0. The minimum atomic E-state index is -0.116. The van der Waals surface area contributed by atoms with Gasteiger partial charge in [-0.05, 0) is 0 Å². The van der Waals surface area contributed by atoms with Gasteiger partial charge in [0, 0.05) is 19.5 Å². The van der Waals surface area contributed by atoms with Gasteiger partial charge in [0.1, 0.15) is 6.17 Å². The van der Waals surface area contributed by atoms with Gasteiger partial charge >= 0.3 is 0 Å². The summed E-state index contributed by atoms with van der Waals surface area (Å²) in [5, 5.41) is 13.4. The van der Waals surface area contributed by atoms with Crippen molar-refractivity contribution >= 4 is 5.91 Å². The van der Waals surface area contributed by atoms with Crippen LogP contribution in [-0.4, -0.2) is 30.2 Å². The molecule has 2 atom stereocenters. The van der Waals surface area contributed by atoms with Crippen molar-refractivity contribution in [2.75, 3.05) is 13.1 Å². The highest BCUT2D eigenvalue weighted by atomic mass is 16.2. The Morgan fingerprint density at radius 2 is 2.50 bits per heavy atom. The summed E-state index contributed by atoms with van der Waals surface area (Å²) in [5.41, 5.74) is 3.08. The topological polar surface area (TPSA) is 68.2 Å². The van der Waals surface area contributed by atoms with Gasteiger partial charge in [0.05, 0.1) is 12.0 Å². The molecule has 2 heterocycles. The molecule has 2 unspecified atom stereocenters. The first-order valence-electron chi connectivity index (χ1n) is 4.00. The molecule has 12 heavy (non-hydrogen) atoms. The highest BCUT2D eigenvalue weighted by Gasteiger charge is 2.37. The maximum atomic E-state index is 11.0. The van der Waals surface area contributed by atoms with Crippen LogP contribution in [0.25, 0.3) is 0 Å². The van der Waals surface area contributed by atoms with Crippen molar-refractivity contribution in [3.63, 3.8) is 0 Å². The van der Waals surface area contributed by atoms with Gasteiger partial charge in [-0.3, -0.25) is 10.2 Å². The molecule has 2 saturated heterocycles. The average molecular weight is 166 g/mol. The fourth-order valence-electron chi connectivity index (χ4n) is 1.61. The quantitative estimate of drug-likeness (QED) is 0.474. The third kappa shape index (κ3) is 1.05. The summed E-state index contributed by atoms with van der Waals surface area (Å²) < 4.78 is 0. The summed E-state index contributed by atoms with van der Waals surface area (Å²) in [6.07, 6.45) is 0.401. The Hall–Kier alpha value is -1.12. The second-order valence-corrected chi connectivity index (χ2v) is 3.05. The van der Waals surface area contributed by atoms with Gasteiger partial charge in [0.2, 0.25) is 5.91 Å². The number of carbonyl (C=O) groups excluding carboxylic acids is 1. The van der Waals surface area contributed by atoms with Crippen LogP contribution in [0.2, 0.25) is 0 Å². The van der Waals surface area contributed by atoms with Crippen LogP contribution in [0, 0.1) is 17.2 Å². The number of nitrogens with zero attached hydrogens (tertiary/aromatic N) is 2. The molecule has 0 spiro atoms. The minimum absolute atomic E-state index is 0.0419. The van der Waals surface area contributed by atoms with Gasteiger partial charge in [-0.1, -0.05) is 0 Å². The monoisotopic (exact) mass is 166 g/mol. The van der Waals surface area contributed by atoms with E-state index in [4.69, 9.17) is 5.26 Å². The number of fused-ring (bicyclic) bond motifs is 1. The smallest absolute Gasteiger partial charge is 0.222 e. The van der Waals surface area contributed by atoms with Crippen molar-refractivity contribution < 1.29 is 4.79 Å². The second kappa shape index (κ2) is 2.73. The number of amides is 1. The number of hydrogen-bond acceptors (Lipinski definition) is 4. The Morgan fingerprint density at radius 3 is 3.25 bits per heavy atom. The number of rotatable bonds is 0. The van der Waals surface area contributed by atoms with Crippen LogP contribution in [0.5, 0.6) is 0 Å². The van der Waals surface area contributed by atoms with Crippen LogP contribution in [0.15, 0.2) is 0 Å². The fraction of sp³-hybridized carbons (Fsp3) is 0.714. The van der Waals surface area contributed by atoms with Crippen LogP contribution < -0.4 is 10.7 Å². The molecule has 0 radical (unpaired) electrons. The largest absolute Gasteiger partial charge is 0.338 e. The van der Waals surface area contributed by atoms with E-state index in [0.717, 1.165) is 0 Å². The zero-order chi connectivity index (χ0) is 8.55. The molecule has 0 aliphatic carbocycles. The van der Waals surface area contributed by atoms with Crippen molar-refractivity contribution in [3.05, 3.63) is 0 Å². The van der Waals surface area contributed by atoms with Gasteiger partial charge in [0.15, 0.2) is 0 Å². The molecule has 0 bridgehead atoms. The lowest BCUT2D eigenvalue weighted by molar-refractivity contribution is -0.126. The standard InChI is InChI=1S/C7H10N4O/c8-3-5-4-9-11-2-1-6(12)10-7(5)11/h5,7,9H,1-2,4H2,(H,10,12). The van der Waals surface area contributed by atoms with Crippen molar-refractivity contribution in [1.82, 2.24) is 15.8 Å². The number of hydrazine groups is 1. The molecule has 64 valence electrons. The predicted molar refractivity (Wildman–Crippen MR) is 40.4 cm³/mol. The second-order valence-electron chi connectivity index (χ2n) is 3.05. The van der Waals surface area contributed by atoms with Crippen molar-refractivity contribution in [2.24, 2.45) is 5.92 Å². The molecule has 5 heteroatoms. The van der Waals surface area contributed by atoms with E-state index in [0.29, 0.717) is 19.5 Å². The van der Waals surface area contributed by atoms with Crippen LogP contribution in [-0.2, 0) is 4.79 Å². The molecule has 2 aliphatic heterocycles. The molecular weight excluding hydrogens is 156 g/mol. The van der Waals surface area contributed by atoms with Gasteiger partial charge in [-0.15, -0.1) is 0 Å². The van der Waals surface area contributed by atoms with Gasteiger partial charge < -0.3 is 5.32 Å². The van der Waals surface area contributed by atoms with Crippen LogP contribution >= 0.6 is 0 Å². The van der Waals surface area contributed by atoms with Crippen LogP contribution in [0.1, 0.15) is 6.42 Å². The molecule has 0 aromatic heterocycles. The summed E-state index contributed by atoms with van der Waals surface area (Å²) in [4.78, 5) is 11.0. The van der Waals surface area contributed by atoms with E-state index in [9.17, 15) is 4.79 Å². The van der Waals surface area contributed by atoms with E-state index in [-0.39, 0.29) is 18.0 Å². The maximum Gasteiger partial charge on any atom is 0.222 e. The zero-order valence-electron chi connectivity index (χ0n) is 6.58. The Morgan fingerprint density at radius 1 is 1.67 bits per heavy atom. The van der Waals surface area contributed by atoms with E-state index < -0.39 is 0 Å². The lowest BCUT2D eigenvalue weighted by Crippen LogP contribution is -2.55. The Labute approximate surface area is 70.3 Å². The van der Waals surface area contributed by atoms with E-state index >= 15 is 0 Å². The lowest BCUT2D eigenvalue weighted by Gasteiger charge is -2.30. The highest BCUT2D eigenvalue weighted by Crippen LogP contribution is 2.16. The highest BCUT2D eigenvalue weighted by molar-refractivity contribution is 5.77. The first-order valence-corrected chi connectivity index (χ1v) is 4.00. The molecule has 2 aliphatic rings. The molecular formula is C7H10N4O. The number of carbonyl (C=O) groups is 1. The molecule has 2 rings (SSSR count). The molecule has 0 aromatic rings. The maximum absolute atomic E-state index is 11.0. The molecule has 0 saturated carbocycles. The van der Waals surface area contributed by atoms with Gasteiger partial charge in [-0.25, -0.2) is 5.01 Å². The van der Waals surface area contributed by atoms with Crippen LogP contribution in [0.4, 0.5) is 0 Å². The predicted octanol–water partition coefficient (Wildman–Crippen LogP) is -1.21.